The van der Waals surface area contributed by atoms with Gasteiger partial charge in [0.05, 0.1) is 12.2 Å². The van der Waals surface area contributed by atoms with Crippen LogP contribution >= 0.6 is 0 Å². The monoisotopic (exact) mass is 328 g/mol. The summed E-state index contributed by atoms with van der Waals surface area (Å²) in [6, 6.07) is 7.54. The average Bonchev–Trinajstić information content (AvgIpc) is 3.14. The van der Waals surface area contributed by atoms with Gasteiger partial charge < -0.3 is 14.6 Å². The number of hydrogen-bond donors (Lipinski definition) is 1. The molecule has 1 fully saturated rings. The summed E-state index contributed by atoms with van der Waals surface area (Å²) >= 11 is 0. The molecule has 1 aliphatic rings. The fourth-order valence-corrected chi connectivity index (χ4v) is 2.90. The standard InChI is InChI=1S/C18H24N4O2/c1-13(2)11-19-18(23)14-5-3-9-22(12-14)17-8-7-15(20-21-17)16-6-4-10-24-16/h4,6-8,10,13-14H,3,5,9,11-12H2,1-2H3,(H,19,23). The maximum atomic E-state index is 12.3. The van der Waals surface area contributed by atoms with Crippen LogP contribution in [0.3, 0.4) is 0 Å². The van der Waals surface area contributed by atoms with Crippen LogP contribution < -0.4 is 10.2 Å². The zero-order valence-corrected chi connectivity index (χ0v) is 14.2. The van der Waals surface area contributed by atoms with Gasteiger partial charge in [-0.1, -0.05) is 13.8 Å². The molecule has 0 bridgehead atoms. The molecule has 3 rings (SSSR count). The van der Waals surface area contributed by atoms with Crippen LogP contribution in [-0.2, 0) is 4.79 Å². The van der Waals surface area contributed by atoms with E-state index in [2.05, 4.69) is 34.3 Å². The van der Waals surface area contributed by atoms with E-state index in [1.807, 2.05) is 24.3 Å². The quantitative estimate of drug-likeness (QED) is 0.914. The van der Waals surface area contributed by atoms with E-state index >= 15 is 0 Å². The average molecular weight is 328 g/mol. The van der Waals surface area contributed by atoms with Crippen molar-refractivity contribution in [3.05, 3.63) is 30.5 Å². The fourth-order valence-electron chi connectivity index (χ4n) is 2.90. The molecule has 1 unspecified atom stereocenters. The molecular formula is C18H24N4O2. The molecule has 1 N–H and O–H groups in total. The lowest BCUT2D eigenvalue weighted by molar-refractivity contribution is -0.125. The first-order chi connectivity index (χ1) is 11.6. The molecule has 1 saturated heterocycles. The van der Waals surface area contributed by atoms with E-state index in [1.165, 1.54) is 0 Å². The SMILES string of the molecule is CC(C)CNC(=O)C1CCCN(c2ccc(-c3ccco3)nn2)C1. The lowest BCUT2D eigenvalue weighted by Crippen LogP contribution is -2.44. The van der Waals surface area contributed by atoms with Gasteiger partial charge in [-0.2, -0.15) is 0 Å². The van der Waals surface area contributed by atoms with Crippen molar-refractivity contribution in [2.75, 3.05) is 24.5 Å². The Morgan fingerprint density at radius 2 is 2.25 bits per heavy atom. The Kier molecular flexibility index (Phi) is 5.13. The van der Waals surface area contributed by atoms with Crippen molar-refractivity contribution in [1.82, 2.24) is 15.5 Å². The van der Waals surface area contributed by atoms with Crippen molar-refractivity contribution < 1.29 is 9.21 Å². The van der Waals surface area contributed by atoms with Gasteiger partial charge in [0, 0.05) is 19.6 Å². The molecule has 3 heterocycles. The summed E-state index contributed by atoms with van der Waals surface area (Å²) in [6.45, 7) is 6.53. The first-order valence-corrected chi connectivity index (χ1v) is 8.53. The summed E-state index contributed by atoms with van der Waals surface area (Å²) in [5.74, 6) is 2.15. The third kappa shape index (κ3) is 3.93. The number of anilines is 1. The van der Waals surface area contributed by atoms with Crippen LogP contribution in [0.15, 0.2) is 34.9 Å². The predicted octanol–water partition coefficient (Wildman–Crippen LogP) is 2.73. The molecule has 6 heteroatoms. The van der Waals surface area contributed by atoms with Crippen LogP contribution in [0.25, 0.3) is 11.5 Å². The molecule has 6 nitrogen and oxygen atoms in total. The Bertz CT molecular complexity index is 652. The van der Waals surface area contributed by atoms with Gasteiger partial charge in [-0.25, -0.2) is 0 Å². The van der Waals surface area contributed by atoms with Crippen LogP contribution in [0.5, 0.6) is 0 Å². The third-order valence-electron chi connectivity index (χ3n) is 4.22. The summed E-state index contributed by atoms with van der Waals surface area (Å²) < 4.78 is 5.33. The molecule has 1 atom stereocenters. The zero-order chi connectivity index (χ0) is 16.9. The summed E-state index contributed by atoms with van der Waals surface area (Å²) in [5.41, 5.74) is 0.715. The maximum absolute atomic E-state index is 12.3. The molecule has 0 spiro atoms. The lowest BCUT2D eigenvalue weighted by atomic mass is 9.97. The Balaban J connectivity index is 1.63. The van der Waals surface area contributed by atoms with E-state index in [9.17, 15) is 4.79 Å². The van der Waals surface area contributed by atoms with Crippen LogP contribution in [0.2, 0.25) is 0 Å². The van der Waals surface area contributed by atoms with Gasteiger partial charge in [0.15, 0.2) is 11.6 Å². The van der Waals surface area contributed by atoms with Crippen molar-refractivity contribution in [2.24, 2.45) is 11.8 Å². The molecule has 0 aliphatic carbocycles. The van der Waals surface area contributed by atoms with Gasteiger partial charge in [0.25, 0.3) is 0 Å². The number of aromatic nitrogens is 2. The molecule has 128 valence electrons. The smallest absolute Gasteiger partial charge is 0.224 e. The Hall–Kier alpha value is -2.37. The first kappa shape index (κ1) is 16.5. The van der Waals surface area contributed by atoms with E-state index < -0.39 is 0 Å². The molecular weight excluding hydrogens is 304 g/mol. The molecule has 0 radical (unpaired) electrons. The normalized spacial score (nSPS) is 18.0. The Morgan fingerprint density at radius 1 is 1.38 bits per heavy atom. The lowest BCUT2D eigenvalue weighted by Gasteiger charge is -2.32. The van der Waals surface area contributed by atoms with E-state index in [1.54, 1.807) is 6.26 Å². The molecule has 0 saturated carbocycles. The van der Waals surface area contributed by atoms with Crippen LogP contribution in [-0.4, -0.2) is 35.7 Å². The second-order valence-electron chi connectivity index (χ2n) is 6.68. The van der Waals surface area contributed by atoms with Gasteiger partial charge >= 0.3 is 0 Å². The fraction of sp³-hybridized carbons (Fsp3) is 0.500. The van der Waals surface area contributed by atoms with E-state index in [0.717, 1.165) is 31.7 Å². The van der Waals surface area contributed by atoms with Gasteiger partial charge in [-0.15, -0.1) is 10.2 Å². The number of carbonyl (C=O) groups excluding carboxylic acids is 1. The van der Waals surface area contributed by atoms with E-state index in [-0.39, 0.29) is 11.8 Å². The number of rotatable bonds is 5. The summed E-state index contributed by atoms with van der Waals surface area (Å²) in [5, 5.41) is 11.6. The third-order valence-corrected chi connectivity index (χ3v) is 4.22. The van der Waals surface area contributed by atoms with Gasteiger partial charge in [-0.3, -0.25) is 4.79 Å². The van der Waals surface area contributed by atoms with Crippen LogP contribution in [0.1, 0.15) is 26.7 Å². The van der Waals surface area contributed by atoms with Gasteiger partial charge in [-0.05, 0) is 43.0 Å². The number of piperidine rings is 1. The number of furan rings is 1. The molecule has 1 amide bonds. The highest BCUT2D eigenvalue weighted by Crippen LogP contribution is 2.23. The second kappa shape index (κ2) is 7.47. The highest BCUT2D eigenvalue weighted by molar-refractivity contribution is 5.79. The first-order valence-electron chi connectivity index (χ1n) is 8.53. The van der Waals surface area contributed by atoms with Crippen LogP contribution in [0.4, 0.5) is 5.82 Å². The summed E-state index contributed by atoms with van der Waals surface area (Å²) in [7, 11) is 0. The van der Waals surface area contributed by atoms with Crippen molar-refractivity contribution >= 4 is 11.7 Å². The second-order valence-corrected chi connectivity index (χ2v) is 6.68. The number of nitrogens with zero attached hydrogens (tertiary/aromatic N) is 3. The predicted molar refractivity (Wildman–Crippen MR) is 92.5 cm³/mol. The summed E-state index contributed by atoms with van der Waals surface area (Å²) in [6.07, 6.45) is 3.54. The number of carbonyl (C=O) groups is 1. The molecule has 1 aliphatic heterocycles. The molecule has 2 aromatic rings. The van der Waals surface area contributed by atoms with Crippen molar-refractivity contribution in [2.45, 2.75) is 26.7 Å². The highest BCUT2D eigenvalue weighted by Gasteiger charge is 2.26. The number of amides is 1. The highest BCUT2D eigenvalue weighted by atomic mass is 16.3. The largest absolute Gasteiger partial charge is 0.463 e. The van der Waals surface area contributed by atoms with Crippen molar-refractivity contribution in [3.63, 3.8) is 0 Å². The topological polar surface area (TPSA) is 71.3 Å². The van der Waals surface area contributed by atoms with Crippen molar-refractivity contribution in [1.29, 1.82) is 0 Å². The minimum absolute atomic E-state index is 0.0176. The Morgan fingerprint density at radius 3 is 2.92 bits per heavy atom. The Labute approximate surface area is 142 Å². The van der Waals surface area contributed by atoms with Gasteiger partial charge in [0.2, 0.25) is 5.91 Å². The van der Waals surface area contributed by atoms with E-state index in [4.69, 9.17) is 4.42 Å². The van der Waals surface area contributed by atoms with Crippen LogP contribution in [0, 0.1) is 11.8 Å². The maximum Gasteiger partial charge on any atom is 0.224 e. The minimum atomic E-state index is 0.0176. The molecule has 0 aromatic carbocycles. The summed E-state index contributed by atoms with van der Waals surface area (Å²) in [4.78, 5) is 14.4. The molecule has 2 aromatic heterocycles. The number of hydrogen-bond acceptors (Lipinski definition) is 5. The number of nitrogens with one attached hydrogen (secondary N) is 1. The molecule has 24 heavy (non-hydrogen) atoms. The van der Waals surface area contributed by atoms with Crippen molar-refractivity contribution in [3.8, 4) is 11.5 Å². The van der Waals surface area contributed by atoms with E-state index in [0.29, 0.717) is 23.9 Å². The van der Waals surface area contributed by atoms with Gasteiger partial charge in [0.1, 0.15) is 5.69 Å². The minimum Gasteiger partial charge on any atom is -0.463 e. The zero-order valence-electron chi connectivity index (χ0n) is 14.2.